The van der Waals surface area contributed by atoms with Crippen LogP contribution in [-0.2, 0) is 4.79 Å². The van der Waals surface area contributed by atoms with Gasteiger partial charge in [-0.3, -0.25) is 14.7 Å². The van der Waals surface area contributed by atoms with E-state index < -0.39 is 0 Å². The van der Waals surface area contributed by atoms with E-state index in [9.17, 15) is 4.79 Å². The van der Waals surface area contributed by atoms with E-state index in [1.54, 1.807) is 0 Å². The molecule has 0 aromatic rings. The summed E-state index contributed by atoms with van der Waals surface area (Å²) in [6, 6.07) is 0.206. The molecule has 6 nitrogen and oxygen atoms in total. The van der Waals surface area contributed by atoms with E-state index in [1.165, 1.54) is 12.2 Å². The lowest BCUT2D eigenvalue weighted by Gasteiger charge is -2.36. The predicted molar refractivity (Wildman–Crippen MR) is 120 cm³/mol. The highest BCUT2D eigenvalue weighted by atomic mass is 127. The molecule has 0 unspecified atom stereocenters. The van der Waals surface area contributed by atoms with E-state index >= 15 is 0 Å². The summed E-state index contributed by atoms with van der Waals surface area (Å²) in [7, 11) is 0. The van der Waals surface area contributed by atoms with Gasteiger partial charge in [-0.05, 0) is 45.6 Å². The summed E-state index contributed by atoms with van der Waals surface area (Å²) in [6.45, 7) is 12.0. The molecule has 0 atom stereocenters. The Morgan fingerprint density at radius 2 is 1.88 bits per heavy atom. The first-order valence-electron chi connectivity index (χ1n) is 9.10. The molecule has 0 saturated carbocycles. The first-order chi connectivity index (χ1) is 11.6. The van der Waals surface area contributed by atoms with Crippen LogP contribution in [0, 0.1) is 0 Å². The van der Waals surface area contributed by atoms with Crippen LogP contribution in [0.4, 0.5) is 0 Å². The van der Waals surface area contributed by atoms with E-state index in [0.29, 0.717) is 6.54 Å². The lowest BCUT2D eigenvalue weighted by molar-refractivity contribution is -0.123. The van der Waals surface area contributed by atoms with Gasteiger partial charge in [-0.1, -0.05) is 0 Å². The molecule has 0 bridgehead atoms. The molecule has 1 saturated heterocycles. The topological polar surface area (TPSA) is 60.0 Å². The number of piperazine rings is 1. The fraction of sp³-hybridized carbons (Fsp3) is 0.882. The lowest BCUT2D eigenvalue weighted by atomic mass is 10.3. The Bertz CT molecular complexity index is 387. The Hall–Kier alpha value is -0.220. The fourth-order valence-corrected chi connectivity index (χ4v) is 3.15. The molecule has 1 amide bonds. The first-order valence-corrected chi connectivity index (χ1v) is 10.5. The van der Waals surface area contributed by atoms with Gasteiger partial charge in [0.15, 0.2) is 5.96 Å². The van der Waals surface area contributed by atoms with Crippen molar-refractivity contribution >= 4 is 47.6 Å². The third-order valence-electron chi connectivity index (χ3n) is 3.84. The molecule has 1 heterocycles. The third-order valence-corrected chi connectivity index (χ3v) is 4.54. The largest absolute Gasteiger partial charge is 0.357 e. The van der Waals surface area contributed by atoms with Gasteiger partial charge >= 0.3 is 0 Å². The molecule has 0 spiro atoms. The average molecular weight is 485 g/mol. The molecule has 0 radical (unpaired) electrons. The van der Waals surface area contributed by atoms with Crippen LogP contribution in [0.2, 0.25) is 0 Å². The number of rotatable bonds is 9. The van der Waals surface area contributed by atoms with Gasteiger partial charge in [0.05, 0.1) is 6.54 Å². The van der Waals surface area contributed by atoms with Crippen molar-refractivity contribution in [1.82, 2.24) is 20.4 Å². The minimum absolute atomic E-state index is 0. The molecular formula is C17H36IN5OS. The predicted octanol–water partition coefficient (Wildman–Crippen LogP) is 1.86. The number of carbonyl (C=O) groups is 1. The van der Waals surface area contributed by atoms with Gasteiger partial charge in [0.2, 0.25) is 5.91 Å². The van der Waals surface area contributed by atoms with Gasteiger partial charge < -0.3 is 15.5 Å². The van der Waals surface area contributed by atoms with Gasteiger partial charge in [-0.2, -0.15) is 11.8 Å². The standard InChI is InChI=1S/C17H35N5OS.HI/c1-5-18-17(19-8-6-7-13-24-4)22-11-9-21(10-12-22)14-16(23)20-15(2)3;/h15H,5-14H2,1-4H3,(H,18,19)(H,20,23);1H. The second-order valence-electron chi connectivity index (χ2n) is 6.42. The van der Waals surface area contributed by atoms with Gasteiger partial charge in [0.25, 0.3) is 0 Å². The van der Waals surface area contributed by atoms with Crippen molar-refractivity contribution in [3.8, 4) is 0 Å². The third kappa shape index (κ3) is 11.2. The maximum absolute atomic E-state index is 11.9. The highest BCUT2D eigenvalue weighted by Gasteiger charge is 2.21. The maximum Gasteiger partial charge on any atom is 0.234 e. The van der Waals surface area contributed by atoms with Crippen LogP contribution in [0.15, 0.2) is 4.99 Å². The number of hydrogen-bond donors (Lipinski definition) is 2. The smallest absolute Gasteiger partial charge is 0.234 e. The minimum atomic E-state index is 0. The molecule has 0 aromatic heterocycles. The zero-order valence-electron chi connectivity index (χ0n) is 16.2. The summed E-state index contributed by atoms with van der Waals surface area (Å²) in [6.07, 6.45) is 4.52. The second-order valence-corrected chi connectivity index (χ2v) is 7.41. The normalized spacial score (nSPS) is 15.9. The molecule has 0 aliphatic carbocycles. The molecule has 2 N–H and O–H groups in total. The van der Waals surface area contributed by atoms with Crippen LogP contribution >= 0.6 is 35.7 Å². The van der Waals surface area contributed by atoms with Gasteiger partial charge in [0.1, 0.15) is 0 Å². The molecular weight excluding hydrogens is 449 g/mol. The molecule has 0 aromatic carbocycles. The Kier molecular flexibility index (Phi) is 14.8. The van der Waals surface area contributed by atoms with Crippen LogP contribution in [0.25, 0.3) is 0 Å². The van der Waals surface area contributed by atoms with Gasteiger partial charge in [-0.15, -0.1) is 24.0 Å². The highest BCUT2D eigenvalue weighted by molar-refractivity contribution is 14.0. The van der Waals surface area contributed by atoms with Crippen molar-refractivity contribution in [2.24, 2.45) is 4.99 Å². The number of aliphatic imine (C=N–C) groups is 1. The van der Waals surface area contributed by atoms with E-state index in [4.69, 9.17) is 4.99 Å². The van der Waals surface area contributed by atoms with E-state index in [1.807, 2.05) is 25.6 Å². The quantitative estimate of drug-likeness (QED) is 0.226. The zero-order chi connectivity index (χ0) is 17.8. The van der Waals surface area contributed by atoms with E-state index in [2.05, 4.69) is 33.6 Å². The molecule has 1 fully saturated rings. The van der Waals surface area contributed by atoms with Crippen LogP contribution in [0.1, 0.15) is 33.6 Å². The minimum Gasteiger partial charge on any atom is -0.357 e. The summed E-state index contributed by atoms with van der Waals surface area (Å²) in [5.74, 6) is 2.35. The number of guanidine groups is 1. The average Bonchev–Trinajstić information content (AvgIpc) is 2.53. The summed E-state index contributed by atoms with van der Waals surface area (Å²) < 4.78 is 0. The number of unbranched alkanes of at least 4 members (excludes halogenated alkanes) is 1. The second kappa shape index (κ2) is 14.9. The monoisotopic (exact) mass is 485 g/mol. The van der Waals surface area contributed by atoms with Crippen molar-refractivity contribution in [2.45, 2.75) is 39.7 Å². The number of hydrogen-bond acceptors (Lipinski definition) is 4. The van der Waals surface area contributed by atoms with Gasteiger partial charge in [-0.25, -0.2) is 0 Å². The number of nitrogens with zero attached hydrogens (tertiary/aromatic N) is 3. The molecule has 148 valence electrons. The Balaban J connectivity index is 0.00000576. The fourth-order valence-electron chi connectivity index (χ4n) is 2.66. The van der Waals surface area contributed by atoms with E-state index in [-0.39, 0.29) is 35.9 Å². The molecule has 1 aliphatic heterocycles. The van der Waals surface area contributed by atoms with Crippen molar-refractivity contribution in [2.75, 3.05) is 57.8 Å². The van der Waals surface area contributed by atoms with Crippen molar-refractivity contribution in [1.29, 1.82) is 0 Å². The van der Waals surface area contributed by atoms with Crippen molar-refractivity contribution in [3.05, 3.63) is 0 Å². The molecule has 1 rings (SSSR count). The van der Waals surface area contributed by atoms with Crippen LogP contribution in [0.3, 0.4) is 0 Å². The number of carbonyl (C=O) groups excluding carboxylic acids is 1. The Labute approximate surface area is 175 Å². The lowest BCUT2D eigenvalue weighted by Crippen LogP contribution is -2.54. The first kappa shape index (κ1) is 24.8. The SMILES string of the molecule is CCNC(=NCCCCSC)N1CCN(CC(=O)NC(C)C)CC1.I. The van der Waals surface area contributed by atoms with Crippen molar-refractivity contribution < 1.29 is 4.79 Å². The maximum atomic E-state index is 11.9. The number of amides is 1. The van der Waals surface area contributed by atoms with Crippen LogP contribution in [-0.4, -0.2) is 85.5 Å². The number of nitrogens with one attached hydrogen (secondary N) is 2. The number of thioether (sulfide) groups is 1. The van der Waals surface area contributed by atoms with Crippen LogP contribution < -0.4 is 10.6 Å². The van der Waals surface area contributed by atoms with Crippen LogP contribution in [0.5, 0.6) is 0 Å². The summed E-state index contributed by atoms with van der Waals surface area (Å²) >= 11 is 1.89. The van der Waals surface area contributed by atoms with Crippen molar-refractivity contribution in [3.63, 3.8) is 0 Å². The zero-order valence-corrected chi connectivity index (χ0v) is 19.4. The van der Waals surface area contributed by atoms with E-state index in [0.717, 1.165) is 51.6 Å². The summed E-state index contributed by atoms with van der Waals surface area (Å²) in [5, 5.41) is 6.35. The summed E-state index contributed by atoms with van der Waals surface area (Å²) in [4.78, 5) is 21.2. The Morgan fingerprint density at radius 1 is 1.20 bits per heavy atom. The highest BCUT2D eigenvalue weighted by Crippen LogP contribution is 2.04. The van der Waals surface area contributed by atoms with Gasteiger partial charge in [0, 0.05) is 45.3 Å². The molecule has 25 heavy (non-hydrogen) atoms. The molecule has 8 heteroatoms. The Morgan fingerprint density at radius 3 is 2.44 bits per heavy atom. The molecule has 1 aliphatic rings. The summed E-state index contributed by atoms with van der Waals surface area (Å²) in [5.41, 5.74) is 0. The number of halogens is 1.